The molecule has 0 aliphatic rings. The van der Waals surface area contributed by atoms with Crippen LogP contribution in [0.15, 0.2) is 89.7 Å². The van der Waals surface area contributed by atoms with Crippen molar-refractivity contribution in [1.82, 2.24) is 9.55 Å². The van der Waals surface area contributed by atoms with Gasteiger partial charge in [0, 0.05) is 11.1 Å². The van der Waals surface area contributed by atoms with Gasteiger partial charge < -0.3 is 4.42 Å². The molecule has 0 unspecified atom stereocenters. The van der Waals surface area contributed by atoms with Crippen LogP contribution in [0.2, 0.25) is 0 Å². The van der Waals surface area contributed by atoms with Gasteiger partial charge in [0.1, 0.15) is 11.2 Å². The van der Waals surface area contributed by atoms with E-state index in [0.29, 0.717) is 11.8 Å². The van der Waals surface area contributed by atoms with Crippen molar-refractivity contribution in [1.29, 1.82) is 0 Å². The summed E-state index contributed by atoms with van der Waals surface area (Å²) < 4.78 is 10.5. The molecule has 0 spiro atoms. The first-order valence-corrected chi connectivity index (χ1v) is 13.4. The van der Waals surface area contributed by atoms with Gasteiger partial charge >= 0.3 is 0 Å². The van der Waals surface area contributed by atoms with Gasteiger partial charge in [0.15, 0.2) is 23.0 Å². The smallest absolute Gasteiger partial charge is 0.297 e. The van der Waals surface area contributed by atoms with E-state index < -0.39 is 0 Å². The van der Waals surface area contributed by atoms with Crippen molar-refractivity contribution in [3.05, 3.63) is 102 Å². The zero-order chi connectivity index (χ0) is 26.6. The fraction of sp³-hybridized carbons (Fsp3) is 0.235. The number of aromatic nitrogens is 3. The maximum atomic E-state index is 5.75. The van der Waals surface area contributed by atoms with Crippen LogP contribution in [0.5, 0.6) is 0 Å². The van der Waals surface area contributed by atoms with Gasteiger partial charge in [0.2, 0.25) is 0 Å². The highest BCUT2D eigenvalue weighted by molar-refractivity contribution is 5.93. The second kappa shape index (κ2) is 9.29. The van der Waals surface area contributed by atoms with E-state index >= 15 is 0 Å². The Bertz CT molecular complexity index is 1760. The number of imidazole rings is 1. The average Bonchev–Trinajstić information content (AvgIpc) is 3.51. The Hall–Kier alpha value is -4.18. The molecule has 0 radical (unpaired) electrons. The van der Waals surface area contributed by atoms with Gasteiger partial charge in [-0.25, -0.2) is 9.55 Å². The molecule has 0 fully saturated rings. The van der Waals surface area contributed by atoms with Gasteiger partial charge in [-0.2, -0.15) is 4.57 Å². The number of benzene rings is 4. The standard InChI is InChI=1S/C34H34N3O/c1-21(2)26-18-25(24-12-8-7-9-13-24)19-27(22(3)4)33(26)37-29-15-11-10-14-28(29)36(6)34(37)31-23(5)16-17-30-32(31)35-20-38-30/h7-22H,1-6H3/q+1. The first-order valence-electron chi connectivity index (χ1n) is 13.4. The quantitative estimate of drug-likeness (QED) is 0.222. The third-order valence-electron chi connectivity index (χ3n) is 7.69. The summed E-state index contributed by atoms with van der Waals surface area (Å²) >= 11 is 0. The van der Waals surface area contributed by atoms with Crippen LogP contribution in [-0.4, -0.2) is 9.55 Å². The lowest BCUT2D eigenvalue weighted by atomic mass is 9.88. The minimum Gasteiger partial charge on any atom is -0.443 e. The van der Waals surface area contributed by atoms with Crippen LogP contribution in [0.3, 0.4) is 0 Å². The zero-order valence-electron chi connectivity index (χ0n) is 23.0. The number of nitrogens with zero attached hydrogens (tertiary/aromatic N) is 3. The molecular formula is C34H34N3O+. The summed E-state index contributed by atoms with van der Waals surface area (Å²) in [7, 11) is 2.16. The van der Waals surface area contributed by atoms with Gasteiger partial charge in [-0.1, -0.05) is 76.2 Å². The van der Waals surface area contributed by atoms with Crippen LogP contribution in [0.1, 0.15) is 56.2 Å². The van der Waals surface area contributed by atoms with Gasteiger partial charge in [0.25, 0.3) is 5.82 Å². The first kappa shape index (κ1) is 24.2. The van der Waals surface area contributed by atoms with E-state index in [-0.39, 0.29) is 0 Å². The van der Waals surface area contributed by atoms with Gasteiger partial charge in [0.05, 0.1) is 12.6 Å². The molecule has 0 aliphatic carbocycles. The van der Waals surface area contributed by atoms with E-state index in [1.165, 1.54) is 44.5 Å². The summed E-state index contributed by atoms with van der Waals surface area (Å²) in [6, 6.07) is 28.3. The van der Waals surface area contributed by atoms with Crippen LogP contribution in [0.4, 0.5) is 0 Å². The Kier molecular flexibility index (Phi) is 5.91. The number of rotatable bonds is 5. The van der Waals surface area contributed by atoms with Crippen molar-refractivity contribution < 1.29 is 8.98 Å². The molecule has 4 aromatic carbocycles. The molecule has 0 saturated carbocycles. The van der Waals surface area contributed by atoms with Crippen molar-refractivity contribution in [2.45, 2.75) is 46.5 Å². The predicted octanol–water partition coefficient (Wildman–Crippen LogP) is 8.49. The van der Waals surface area contributed by atoms with Gasteiger partial charge in [-0.3, -0.25) is 0 Å². The largest absolute Gasteiger partial charge is 0.443 e. The lowest BCUT2D eigenvalue weighted by Crippen LogP contribution is -2.30. The number of hydrogen-bond donors (Lipinski definition) is 0. The fourth-order valence-electron chi connectivity index (χ4n) is 5.75. The molecule has 2 heterocycles. The Balaban J connectivity index is 1.79. The minimum atomic E-state index is 0.328. The lowest BCUT2D eigenvalue weighted by Gasteiger charge is -2.21. The number of oxazole rings is 1. The highest BCUT2D eigenvalue weighted by atomic mass is 16.3. The average molecular weight is 501 g/mol. The third kappa shape index (κ3) is 3.75. The predicted molar refractivity (Wildman–Crippen MR) is 156 cm³/mol. The summed E-state index contributed by atoms with van der Waals surface area (Å²) in [5.74, 6) is 1.77. The molecule has 190 valence electrons. The van der Waals surface area contributed by atoms with Crippen LogP contribution >= 0.6 is 0 Å². The molecule has 0 bridgehead atoms. The molecule has 0 atom stereocenters. The number of aryl methyl sites for hydroxylation is 2. The van der Waals surface area contributed by atoms with Crippen molar-refractivity contribution in [2.24, 2.45) is 7.05 Å². The molecule has 6 aromatic rings. The maximum absolute atomic E-state index is 5.75. The van der Waals surface area contributed by atoms with E-state index in [4.69, 9.17) is 4.42 Å². The fourth-order valence-corrected chi connectivity index (χ4v) is 5.75. The minimum absolute atomic E-state index is 0.328. The monoisotopic (exact) mass is 500 g/mol. The van der Waals surface area contributed by atoms with Gasteiger partial charge in [-0.15, -0.1) is 0 Å². The molecule has 0 aliphatic heterocycles. The molecule has 0 saturated heterocycles. The first-order chi connectivity index (χ1) is 18.4. The summed E-state index contributed by atoms with van der Waals surface area (Å²) in [4.78, 5) is 4.68. The van der Waals surface area contributed by atoms with Crippen molar-refractivity contribution in [3.8, 4) is 28.2 Å². The summed E-state index contributed by atoms with van der Waals surface area (Å²) in [5, 5.41) is 0. The number of para-hydroxylation sites is 2. The zero-order valence-corrected chi connectivity index (χ0v) is 23.0. The van der Waals surface area contributed by atoms with Crippen molar-refractivity contribution in [3.63, 3.8) is 0 Å². The van der Waals surface area contributed by atoms with Crippen molar-refractivity contribution >= 4 is 22.1 Å². The Morgan fingerprint density at radius 3 is 2.13 bits per heavy atom. The van der Waals surface area contributed by atoms with E-state index in [2.05, 4.69) is 129 Å². The van der Waals surface area contributed by atoms with Crippen LogP contribution in [-0.2, 0) is 7.05 Å². The molecule has 2 aromatic heterocycles. The molecular weight excluding hydrogens is 466 g/mol. The summed E-state index contributed by atoms with van der Waals surface area (Å²) in [6.45, 7) is 11.4. The molecule has 4 heteroatoms. The second-order valence-corrected chi connectivity index (χ2v) is 10.8. The van der Waals surface area contributed by atoms with Crippen molar-refractivity contribution in [2.75, 3.05) is 0 Å². The maximum Gasteiger partial charge on any atom is 0.297 e. The highest BCUT2D eigenvalue weighted by Crippen LogP contribution is 2.41. The molecule has 6 rings (SSSR count). The normalized spacial score (nSPS) is 11.9. The van der Waals surface area contributed by atoms with E-state index in [9.17, 15) is 0 Å². The van der Waals surface area contributed by atoms with E-state index in [1.807, 2.05) is 6.07 Å². The highest BCUT2D eigenvalue weighted by Gasteiger charge is 2.33. The molecule has 38 heavy (non-hydrogen) atoms. The van der Waals surface area contributed by atoms with Gasteiger partial charge in [-0.05, 0) is 65.8 Å². The summed E-state index contributed by atoms with van der Waals surface area (Å²) in [6.07, 6.45) is 1.55. The molecule has 4 nitrogen and oxygen atoms in total. The second-order valence-electron chi connectivity index (χ2n) is 10.8. The SMILES string of the molecule is Cc1ccc2ocnc2c1-c1n(-c2c(C(C)C)cc(-c3ccccc3)cc2C(C)C)c2ccccc2[n+]1C. The Labute approximate surface area is 224 Å². The van der Waals surface area contributed by atoms with Crippen LogP contribution in [0, 0.1) is 6.92 Å². The van der Waals surface area contributed by atoms with E-state index in [0.717, 1.165) is 22.5 Å². The molecule has 0 N–H and O–H groups in total. The molecule has 0 amide bonds. The number of hydrogen-bond acceptors (Lipinski definition) is 2. The third-order valence-corrected chi connectivity index (χ3v) is 7.69. The summed E-state index contributed by atoms with van der Waals surface area (Å²) in [5.41, 5.74) is 12.8. The number of fused-ring (bicyclic) bond motifs is 2. The Morgan fingerprint density at radius 2 is 1.45 bits per heavy atom. The van der Waals surface area contributed by atoms with Crippen LogP contribution < -0.4 is 4.57 Å². The Morgan fingerprint density at radius 1 is 0.789 bits per heavy atom. The van der Waals surface area contributed by atoms with Crippen LogP contribution in [0.25, 0.3) is 50.3 Å². The lowest BCUT2D eigenvalue weighted by molar-refractivity contribution is -0.633. The topological polar surface area (TPSA) is 34.8 Å². The van der Waals surface area contributed by atoms with E-state index in [1.54, 1.807) is 6.39 Å².